The fraction of sp³-hybridized carbons (Fsp3) is 0.571. The van der Waals surface area contributed by atoms with Gasteiger partial charge in [-0.15, -0.1) is 0 Å². The van der Waals surface area contributed by atoms with E-state index >= 15 is 0 Å². The van der Waals surface area contributed by atoms with Gasteiger partial charge in [0.2, 0.25) is 0 Å². The third-order valence-electron chi connectivity index (χ3n) is 4.30. The number of carbonyl (C=O) groups excluding carboxylic acids is 2. The molecule has 0 unspecified atom stereocenters. The lowest BCUT2D eigenvalue weighted by Crippen LogP contribution is -2.34. The van der Waals surface area contributed by atoms with Gasteiger partial charge in [-0.2, -0.15) is 4.99 Å². The van der Waals surface area contributed by atoms with E-state index in [9.17, 15) is 19.7 Å². The molecule has 1 rings (SSSR count). The van der Waals surface area contributed by atoms with Gasteiger partial charge in [0.25, 0.3) is 5.69 Å². The van der Waals surface area contributed by atoms with Gasteiger partial charge in [-0.1, -0.05) is 64.1 Å². The summed E-state index contributed by atoms with van der Waals surface area (Å²) in [6, 6.07) is 4.43. The predicted octanol–water partition coefficient (Wildman–Crippen LogP) is 5.68. The molecule has 0 aliphatic heterocycles. The first-order valence-corrected chi connectivity index (χ1v) is 11.8. The van der Waals surface area contributed by atoms with Crippen LogP contribution in [0.25, 0.3) is 0 Å². The van der Waals surface area contributed by atoms with Crippen molar-refractivity contribution in [2.45, 2.75) is 65.2 Å². The van der Waals surface area contributed by atoms with E-state index in [4.69, 9.17) is 0 Å². The van der Waals surface area contributed by atoms with Gasteiger partial charge < -0.3 is 10.6 Å². The Bertz CT molecular complexity index is 725. The smallest absolute Gasteiger partial charge is 0.336 e. The van der Waals surface area contributed by atoms with E-state index < -0.39 is 17.0 Å². The summed E-state index contributed by atoms with van der Waals surface area (Å²) >= 11 is 1.33. The highest BCUT2D eigenvalue weighted by Gasteiger charge is 2.11. The Kier molecular flexibility index (Phi) is 13.7. The molecular weight excluding hydrogens is 418 g/mol. The number of unbranched alkanes of at least 4 members (excludes halogenated alkanes) is 6. The number of hydrogen-bond acceptors (Lipinski definition) is 5. The molecule has 0 radical (unpaired) electrons. The molecule has 10 heteroatoms. The predicted molar refractivity (Wildman–Crippen MR) is 127 cm³/mol. The van der Waals surface area contributed by atoms with E-state index in [0.717, 1.165) is 31.4 Å². The Morgan fingerprint density at radius 3 is 2.29 bits per heavy atom. The molecule has 1 aromatic carbocycles. The highest BCUT2D eigenvalue weighted by molar-refractivity contribution is 8.13. The van der Waals surface area contributed by atoms with Crippen LogP contribution in [0.2, 0.25) is 0 Å². The monoisotopic (exact) mass is 451 g/mol. The third-order valence-corrected chi connectivity index (χ3v) is 5.26. The van der Waals surface area contributed by atoms with Crippen LogP contribution in [0, 0.1) is 10.1 Å². The quantitative estimate of drug-likeness (QED) is 0.124. The van der Waals surface area contributed by atoms with Crippen molar-refractivity contribution < 1.29 is 14.5 Å². The molecule has 0 aromatic heterocycles. The topological polar surface area (TPSA) is 126 Å². The Morgan fingerprint density at radius 1 is 1.00 bits per heavy atom. The number of nitro groups is 1. The van der Waals surface area contributed by atoms with Gasteiger partial charge in [-0.25, -0.2) is 9.59 Å². The lowest BCUT2D eigenvalue weighted by Gasteiger charge is -2.10. The average molecular weight is 452 g/mol. The largest absolute Gasteiger partial charge is 0.343 e. The molecule has 0 saturated carbocycles. The molecule has 0 fully saturated rings. The Balaban J connectivity index is 2.60. The van der Waals surface area contributed by atoms with Crippen molar-refractivity contribution in [3.8, 4) is 0 Å². The zero-order valence-corrected chi connectivity index (χ0v) is 19.1. The first-order valence-electron chi connectivity index (χ1n) is 10.8. The van der Waals surface area contributed by atoms with Crippen molar-refractivity contribution in [1.29, 1.82) is 0 Å². The van der Waals surface area contributed by atoms with Crippen molar-refractivity contribution in [2.24, 2.45) is 4.99 Å². The highest BCUT2D eigenvalue weighted by Crippen LogP contribution is 2.15. The number of urea groups is 2. The fourth-order valence-corrected chi connectivity index (χ4v) is 3.43. The van der Waals surface area contributed by atoms with Crippen LogP contribution in [-0.2, 0) is 0 Å². The van der Waals surface area contributed by atoms with E-state index in [-0.39, 0.29) is 10.9 Å². The van der Waals surface area contributed by atoms with E-state index in [1.807, 2.05) is 6.92 Å². The van der Waals surface area contributed by atoms with Crippen LogP contribution in [-0.4, -0.2) is 34.5 Å². The summed E-state index contributed by atoms with van der Waals surface area (Å²) in [7, 11) is 0. The minimum absolute atomic E-state index is 0.0635. The Labute approximate surface area is 188 Å². The Morgan fingerprint density at radius 2 is 1.65 bits per heavy atom. The molecule has 172 valence electrons. The summed E-state index contributed by atoms with van der Waals surface area (Å²) in [5.74, 6) is 0.741. The molecule has 3 N–H and O–H groups in total. The van der Waals surface area contributed by atoms with Crippen LogP contribution in [0.5, 0.6) is 0 Å². The van der Waals surface area contributed by atoms with E-state index in [0.29, 0.717) is 12.2 Å². The van der Waals surface area contributed by atoms with Crippen molar-refractivity contribution in [2.75, 3.05) is 17.6 Å². The maximum atomic E-state index is 12.3. The normalized spacial score (nSPS) is 11.1. The number of thioether (sulfide) groups is 1. The average Bonchev–Trinajstić information content (AvgIpc) is 2.73. The summed E-state index contributed by atoms with van der Waals surface area (Å²) in [6.45, 7) is 4.74. The molecule has 9 nitrogen and oxygen atoms in total. The lowest BCUT2D eigenvalue weighted by atomic mass is 10.1. The maximum absolute atomic E-state index is 12.3. The van der Waals surface area contributed by atoms with Crippen molar-refractivity contribution in [3.05, 3.63) is 34.4 Å². The van der Waals surface area contributed by atoms with Crippen molar-refractivity contribution in [1.82, 2.24) is 10.6 Å². The van der Waals surface area contributed by atoms with Gasteiger partial charge in [-0.05, 0) is 25.0 Å². The number of amides is 4. The standard InChI is InChI=1S/C21H33N5O4S/c1-3-5-7-8-9-10-16-31-21(24-19(27)22-15-6-4-2)25-20(28)23-17-11-13-18(14-12-17)26(29)30/h11-14H,3-10,15-16H2,1-2H3,(H3,22,23,24,25,27,28). The molecule has 0 aliphatic rings. The molecule has 0 bridgehead atoms. The summed E-state index contributed by atoms with van der Waals surface area (Å²) in [5, 5.41) is 18.8. The number of rotatable bonds is 12. The van der Waals surface area contributed by atoms with Crippen LogP contribution in [0.3, 0.4) is 0 Å². The summed E-state index contributed by atoms with van der Waals surface area (Å²) in [6.07, 6.45) is 8.71. The second-order valence-electron chi connectivity index (χ2n) is 7.00. The van der Waals surface area contributed by atoms with Gasteiger partial charge in [0.05, 0.1) is 4.92 Å². The zero-order valence-electron chi connectivity index (χ0n) is 18.3. The summed E-state index contributed by atoms with van der Waals surface area (Å²) in [5.41, 5.74) is 0.335. The number of nitrogens with zero attached hydrogens (tertiary/aromatic N) is 2. The number of benzene rings is 1. The van der Waals surface area contributed by atoms with Crippen LogP contribution in [0.4, 0.5) is 21.0 Å². The van der Waals surface area contributed by atoms with E-state index in [1.165, 1.54) is 61.7 Å². The molecule has 0 aliphatic carbocycles. The number of hydrogen-bond donors (Lipinski definition) is 3. The molecule has 1 aromatic rings. The molecule has 0 atom stereocenters. The first kappa shape index (κ1) is 26.4. The van der Waals surface area contributed by atoms with Crippen LogP contribution in [0.15, 0.2) is 29.3 Å². The van der Waals surface area contributed by atoms with Crippen LogP contribution in [0.1, 0.15) is 65.2 Å². The van der Waals surface area contributed by atoms with Crippen LogP contribution < -0.4 is 16.0 Å². The van der Waals surface area contributed by atoms with Gasteiger partial charge in [0.15, 0.2) is 5.17 Å². The van der Waals surface area contributed by atoms with Crippen molar-refractivity contribution in [3.63, 3.8) is 0 Å². The minimum Gasteiger partial charge on any atom is -0.336 e. The number of nitrogens with one attached hydrogen (secondary N) is 3. The van der Waals surface area contributed by atoms with Crippen LogP contribution >= 0.6 is 11.8 Å². The number of nitro benzene ring substituents is 1. The maximum Gasteiger partial charge on any atom is 0.343 e. The second-order valence-corrected chi connectivity index (χ2v) is 8.09. The van der Waals surface area contributed by atoms with Gasteiger partial charge in [0.1, 0.15) is 0 Å². The minimum atomic E-state index is -0.565. The Hall–Kier alpha value is -2.62. The second kappa shape index (κ2) is 16.1. The lowest BCUT2D eigenvalue weighted by molar-refractivity contribution is -0.384. The molecule has 0 spiro atoms. The molecule has 0 saturated heterocycles. The molecular formula is C21H33N5O4S. The van der Waals surface area contributed by atoms with Gasteiger partial charge in [-0.3, -0.25) is 15.4 Å². The summed E-state index contributed by atoms with van der Waals surface area (Å²) < 4.78 is 0. The van der Waals surface area contributed by atoms with Gasteiger partial charge >= 0.3 is 12.1 Å². The number of amidine groups is 1. The number of non-ortho nitro benzene ring substituents is 1. The molecule has 31 heavy (non-hydrogen) atoms. The highest BCUT2D eigenvalue weighted by atomic mass is 32.2. The number of aliphatic imine (C=N–C) groups is 1. The fourth-order valence-electron chi connectivity index (χ4n) is 2.58. The number of anilines is 1. The zero-order chi connectivity index (χ0) is 22.9. The van der Waals surface area contributed by atoms with E-state index in [1.54, 1.807) is 0 Å². The molecule has 0 heterocycles. The summed E-state index contributed by atoms with van der Waals surface area (Å²) in [4.78, 5) is 38.5. The third kappa shape index (κ3) is 12.6. The van der Waals surface area contributed by atoms with E-state index in [2.05, 4.69) is 27.9 Å². The van der Waals surface area contributed by atoms with Crippen molar-refractivity contribution >= 4 is 40.4 Å². The van der Waals surface area contributed by atoms with Gasteiger partial charge in [0, 0.05) is 30.1 Å². The number of carbonyl (C=O) groups is 2. The SMILES string of the molecule is CCCCCCCCSC(=NC(=O)NCCCC)NC(=O)Nc1ccc([N+](=O)[O-])cc1. The molecule has 4 amide bonds. The first-order chi connectivity index (χ1) is 15.0.